The molecule has 1 fully saturated rings. The molecule has 24 heavy (non-hydrogen) atoms. The highest BCUT2D eigenvalue weighted by Gasteiger charge is 2.16. The van der Waals surface area contributed by atoms with Gasteiger partial charge in [0.2, 0.25) is 0 Å². The minimum Gasteiger partial charge on any atom is -0.488 e. The van der Waals surface area contributed by atoms with Gasteiger partial charge in [0.25, 0.3) is 5.91 Å². The first kappa shape index (κ1) is 17.0. The average Bonchev–Trinajstić information content (AvgIpc) is 2.62. The largest absolute Gasteiger partial charge is 0.488 e. The molecule has 2 N–H and O–H groups in total. The lowest BCUT2D eigenvalue weighted by Gasteiger charge is -2.23. The molecule has 0 unspecified atom stereocenters. The summed E-state index contributed by atoms with van der Waals surface area (Å²) in [5.74, 6) is 0.797. The molecule has 126 valence electrons. The van der Waals surface area contributed by atoms with Crippen LogP contribution in [0.25, 0.3) is 0 Å². The van der Waals surface area contributed by atoms with Gasteiger partial charge in [0.15, 0.2) is 0 Å². The molecule has 2 aromatic carbocycles. The van der Waals surface area contributed by atoms with Crippen LogP contribution in [0.2, 0.25) is 0 Å². The zero-order valence-corrected chi connectivity index (χ0v) is 15.0. The molecule has 0 radical (unpaired) electrons. The highest BCUT2D eigenvalue weighted by Crippen LogP contribution is 2.24. The van der Waals surface area contributed by atoms with Crippen LogP contribution >= 0.6 is 15.9 Å². The van der Waals surface area contributed by atoms with Gasteiger partial charge in [-0.3, -0.25) is 4.79 Å². The third kappa shape index (κ3) is 4.58. The maximum absolute atomic E-state index is 12.3. The molecule has 0 saturated carbocycles. The normalized spacial score (nSPS) is 17.3. The van der Waals surface area contributed by atoms with Gasteiger partial charge in [-0.15, -0.1) is 0 Å². The van der Waals surface area contributed by atoms with E-state index in [2.05, 4.69) is 26.6 Å². The van der Waals surface area contributed by atoms with E-state index in [0.717, 1.165) is 41.7 Å². The van der Waals surface area contributed by atoms with Crippen LogP contribution < -0.4 is 15.4 Å². The molecule has 3 rings (SSSR count). The first-order chi connectivity index (χ1) is 11.7. The summed E-state index contributed by atoms with van der Waals surface area (Å²) in [7, 11) is 0. The van der Waals surface area contributed by atoms with Crippen molar-refractivity contribution >= 4 is 21.8 Å². The van der Waals surface area contributed by atoms with Crippen LogP contribution in [0.4, 0.5) is 0 Å². The smallest absolute Gasteiger partial charge is 0.251 e. The molecule has 1 heterocycles. The van der Waals surface area contributed by atoms with Crippen LogP contribution in [0.5, 0.6) is 5.75 Å². The van der Waals surface area contributed by atoms with Crippen LogP contribution in [-0.2, 0) is 6.61 Å². The van der Waals surface area contributed by atoms with Gasteiger partial charge in [0, 0.05) is 18.2 Å². The van der Waals surface area contributed by atoms with Gasteiger partial charge in [0.1, 0.15) is 12.4 Å². The van der Waals surface area contributed by atoms with Crippen molar-refractivity contribution in [1.29, 1.82) is 0 Å². The summed E-state index contributed by atoms with van der Waals surface area (Å²) in [6, 6.07) is 15.6. The van der Waals surface area contributed by atoms with Crippen molar-refractivity contribution in [2.75, 3.05) is 13.1 Å². The topological polar surface area (TPSA) is 50.4 Å². The number of carbonyl (C=O) groups excluding carboxylic acids is 1. The molecule has 5 heteroatoms. The molecule has 0 aliphatic carbocycles. The maximum atomic E-state index is 12.3. The van der Waals surface area contributed by atoms with Crippen molar-refractivity contribution in [2.45, 2.75) is 25.5 Å². The third-order valence-corrected chi connectivity index (χ3v) is 4.73. The zero-order valence-electron chi connectivity index (χ0n) is 13.4. The fourth-order valence-corrected chi connectivity index (χ4v) is 3.12. The minimum absolute atomic E-state index is 0.0121. The number of hydrogen-bond acceptors (Lipinski definition) is 3. The summed E-state index contributed by atoms with van der Waals surface area (Å²) in [6.45, 7) is 2.36. The van der Waals surface area contributed by atoms with E-state index >= 15 is 0 Å². The molecule has 1 aliphatic rings. The summed E-state index contributed by atoms with van der Waals surface area (Å²) >= 11 is 3.46. The molecule has 2 aromatic rings. The first-order valence-electron chi connectivity index (χ1n) is 8.20. The number of rotatable bonds is 5. The van der Waals surface area contributed by atoms with Gasteiger partial charge in [-0.25, -0.2) is 0 Å². The van der Waals surface area contributed by atoms with Crippen molar-refractivity contribution < 1.29 is 9.53 Å². The monoisotopic (exact) mass is 388 g/mol. The number of nitrogens with one attached hydrogen (secondary N) is 2. The second-order valence-corrected chi connectivity index (χ2v) is 6.79. The number of amides is 1. The number of para-hydroxylation sites is 1. The van der Waals surface area contributed by atoms with Crippen LogP contribution in [0, 0.1) is 0 Å². The van der Waals surface area contributed by atoms with Crippen molar-refractivity contribution in [3.05, 3.63) is 64.1 Å². The molecule has 1 amide bonds. The van der Waals surface area contributed by atoms with E-state index in [-0.39, 0.29) is 11.9 Å². The Balaban J connectivity index is 1.54. The molecule has 0 aromatic heterocycles. The second kappa shape index (κ2) is 8.31. The highest BCUT2D eigenvalue weighted by molar-refractivity contribution is 9.10. The second-order valence-electron chi connectivity index (χ2n) is 5.93. The fourth-order valence-electron chi connectivity index (χ4n) is 2.72. The zero-order chi connectivity index (χ0) is 16.8. The molecule has 1 saturated heterocycles. The Morgan fingerprint density at radius 2 is 2.00 bits per heavy atom. The SMILES string of the molecule is O=C(N[C@H]1CCCNC1)c1ccc(COc2ccccc2Br)cc1. The number of benzene rings is 2. The third-order valence-electron chi connectivity index (χ3n) is 4.08. The molecular weight excluding hydrogens is 368 g/mol. The quantitative estimate of drug-likeness (QED) is 0.823. The Morgan fingerprint density at radius 1 is 1.21 bits per heavy atom. The van der Waals surface area contributed by atoms with E-state index in [1.807, 2.05) is 48.5 Å². The summed E-state index contributed by atoms with van der Waals surface area (Å²) in [6.07, 6.45) is 2.15. The van der Waals surface area contributed by atoms with Gasteiger partial charge in [-0.1, -0.05) is 24.3 Å². The van der Waals surface area contributed by atoms with Gasteiger partial charge in [-0.2, -0.15) is 0 Å². The Bertz CT molecular complexity index is 682. The number of carbonyl (C=O) groups is 1. The van der Waals surface area contributed by atoms with Crippen LogP contribution in [0.1, 0.15) is 28.8 Å². The van der Waals surface area contributed by atoms with Gasteiger partial charge in [-0.05, 0) is 65.1 Å². The Hall–Kier alpha value is -1.85. The molecule has 0 bridgehead atoms. The van der Waals surface area contributed by atoms with Crippen LogP contribution in [0.3, 0.4) is 0 Å². The predicted molar refractivity (Wildman–Crippen MR) is 98.3 cm³/mol. The summed E-state index contributed by atoms with van der Waals surface area (Å²) in [5.41, 5.74) is 1.71. The van der Waals surface area contributed by atoms with Crippen molar-refractivity contribution in [2.24, 2.45) is 0 Å². The Morgan fingerprint density at radius 3 is 2.71 bits per heavy atom. The first-order valence-corrected chi connectivity index (χ1v) is 8.99. The van der Waals surface area contributed by atoms with E-state index in [1.54, 1.807) is 0 Å². The summed E-state index contributed by atoms with van der Waals surface area (Å²) in [5, 5.41) is 6.38. The molecule has 4 nitrogen and oxygen atoms in total. The number of halogens is 1. The van der Waals surface area contributed by atoms with E-state index in [9.17, 15) is 4.79 Å². The van der Waals surface area contributed by atoms with Crippen LogP contribution in [0.15, 0.2) is 53.0 Å². The lowest BCUT2D eigenvalue weighted by Crippen LogP contribution is -2.45. The van der Waals surface area contributed by atoms with E-state index in [1.165, 1.54) is 0 Å². The van der Waals surface area contributed by atoms with Gasteiger partial charge in [0.05, 0.1) is 4.47 Å². The number of piperidine rings is 1. The number of hydrogen-bond donors (Lipinski definition) is 2. The van der Waals surface area contributed by atoms with Crippen molar-refractivity contribution in [3.8, 4) is 5.75 Å². The van der Waals surface area contributed by atoms with Crippen molar-refractivity contribution in [1.82, 2.24) is 10.6 Å². The standard InChI is InChI=1S/C19H21BrN2O2/c20-17-5-1-2-6-18(17)24-13-14-7-9-15(10-8-14)19(23)22-16-4-3-11-21-12-16/h1-2,5-10,16,21H,3-4,11-13H2,(H,22,23)/t16-/m0/s1. The predicted octanol–water partition coefficient (Wildman–Crippen LogP) is 3.51. The Kier molecular flexibility index (Phi) is 5.88. The Labute approximate surface area is 150 Å². The van der Waals surface area contributed by atoms with Crippen molar-refractivity contribution in [3.63, 3.8) is 0 Å². The van der Waals surface area contributed by atoms with Crippen LogP contribution in [-0.4, -0.2) is 25.0 Å². The minimum atomic E-state index is -0.0121. The van der Waals surface area contributed by atoms with Gasteiger partial charge < -0.3 is 15.4 Å². The van der Waals surface area contributed by atoms with Gasteiger partial charge >= 0.3 is 0 Å². The fraction of sp³-hybridized carbons (Fsp3) is 0.316. The average molecular weight is 389 g/mol. The van der Waals surface area contributed by atoms with E-state index in [4.69, 9.17) is 4.74 Å². The maximum Gasteiger partial charge on any atom is 0.251 e. The van der Waals surface area contributed by atoms with E-state index < -0.39 is 0 Å². The van der Waals surface area contributed by atoms with E-state index in [0.29, 0.717) is 12.2 Å². The molecule has 0 spiro atoms. The molecular formula is C19H21BrN2O2. The molecule has 1 aliphatic heterocycles. The number of ether oxygens (including phenoxy) is 1. The summed E-state index contributed by atoms with van der Waals surface area (Å²) < 4.78 is 6.72. The molecule has 1 atom stereocenters. The lowest BCUT2D eigenvalue weighted by molar-refractivity contribution is 0.0930. The highest BCUT2D eigenvalue weighted by atomic mass is 79.9. The lowest BCUT2D eigenvalue weighted by atomic mass is 10.1. The summed E-state index contributed by atoms with van der Waals surface area (Å²) in [4.78, 5) is 12.3.